The molecule has 38 heavy (non-hydrogen) atoms. The van der Waals surface area contributed by atoms with Gasteiger partial charge in [0.15, 0.2) is 23.2 Å². The fraction of sp³-hybridized carbons (Fsp3) is 0.345. The summed E-state index contributed by atoms with van der Waals surface area (Å²) in [7, 11) is 3.03. The largest absolute Gasteiger partial charge is 0.503 e. The van der Waals surface area contributed by atoms with Crippen molar-refractivity contribution in [3.05, 3.63) is 84.2 Å². The molecule has 2 aromatic carbocycles. The molecule has 1 aliphatic heterocycles. The number of para-hydroxylation sites is 1. The minimum absolute atomic E-state index is 0.0344. The molecule has 0 radical (unpaired) electrons. The molecular weight excluding hydrogens is 488 g/mol. The van der Waals surface area contributed by atoms with Gasteiger partial charge in [0.2, 0.25) is 0 Å². The van der Waals surface area contributed by atoms with E-state index in [9.17, 15) is 14.7 Å². The van der Waals surface area contributed by atoms with Crippen LogP contribution in [0.15, 0.2) is 72.9 Å². The van der Waals surface area contributed by atoms with Crippen LogP contribution in [0.3, 0.4) is 0 Å². The lowest BCUT2D eigenvalue weighted by molar-refractivity contribution is -0.151. The van der Waals surface area contributed by atoms with Crippen LogP contribution in [-0.2, 0) is 20.7 Å². The highest BCUT2D eigenvalue weighted by atomic mass is 16.5. The second-order valence-corrected chi connectivity index (χ2v) is 8.83. The van der Waals surface area contributed by atoms with Gasteiger partial charge in [-0.25, -0.2) is 9.78 Å². The number of aromatic hydroxyl groups is 1. The Bertz CT molecular complexity index is 1160. The summed E-state index contributed by atoms with van der Waals surface area (Å²) in [5.41, 5.74) is 0.949. The van der Waals surface area contributed by atoms with Crippen LogP contribution in [-0.4, -0.2) is 61.5 Å². The van der Waals surface area contributed by atoms with Gasteiger partial charge >= 0.3 is 5.97 Å². The van der Waals surface area contributed by atoms with Crippen molar-refractivity contribution >= 4 is 11.9 Å². The lowest BCUT2D eigenvalue weighted by Crippen LogP contribution is -2.45. The van der Waals surface area contributed by atoms with Crippen LogP contribution >= 0.6 is 0 Å². The van der Waals surface area contributed by atoms with Crippen molar-refractivity contribution in [3.63, 3.8) is 0 Å². The number of nitrogens with zero attached hydrogens (tertiary/aromatic N) is 1. The highest BCUT2D eigenvalue weighted by Crippen LogP contribution is 2.27. The zero-order chi connectivity index (χ0) is 27.3. The van der Waals surface area contributed by atoms with Gasteiger partial charge in [-0.3, -0.25) is 4.79 Å². The average molecular weight is 523 g/mol. The van der Waals surface area contributed by atoms with Crippen molar-refractivity contribution in [1.82, 2.24) is 10.3 Å². The number of nitrogens with one attached hydrogen (secondary N) is 1. The molecule has 2 N–H and O–H groups in total. The van der Waals surface area contributed by atoms with Crippen LogP contribution in [0.5, 0.6) is 17.2 Å². The minimum Gasteiger partial charge on any atom is -0.503 e. The van der Waals surface area contributed by atoms with Crippen molar-refractivity contribution in [1.29, 1.82) is 0 Å². The summed E-state index contributed by atoms with van der Waals surface area (Å²) >= 11 is 0. The number of rotatable bonds is 6. The number of benzene rings is 2. The van der Waals surface area contributed by atoms with Gasteiger partial charge in [-0.1, -0.05) is 48.5 Å². The fourth-order valence-corrected chi connectivity index (χ4v) is 4.03. The maximum absolute atomic E-state index is 12.6. The highest BCUT2D eigenvalue weighted by Gasteiger charge is 2.30. The monoisotopic (exact) mass is 522 g/mol. The highest BCUT2D eigenvalue weighted by molar-refractivity contribution is 5.98. The summed E-state index contributed by atoms with van der Waals surface area (Å²) < 4.78 is 21.2. The summed E-state index contributed by atoms with van der Waals surface area (Å²) in [6.07, 6.45) is 2.47. The van der Waals surface area contributed by atoms with Crippen LogP contribution in [0.1, 0.15) is 29.4 Å². The molecule has 1 saturated heterocycles. The van der Waals surface area contributed by atoms with Gasteiger partial charge in [-0.15, -0.1) is 0 Å². The van der Waals surface area contributed by atoms with E-state index in [1.165, 1.54) is 24.9 Å². The van der Waals surface area contributed by atoms with Crippen LogP contribution < -0.4 is 14.8 Å². The molecule has 1 aliphatic rings. The van der Waals surface area contributed by atoms with Gasteiger partial charge in [-0.05, 0) is 43.4 Å². The van der Waals surface area contributed by atoms with Gasteiger partial charge in [0.25, 0.3) is 5.91 Å². The molecule has 2 unspecified atom stereocenters. The molecule has 4 rings (SSSR count). The van der Waals surface area contributed by atoms with Crippen LogP contribution in [0.25, 0.3) is 0 Å². The van der Waals surface area contributed by atoms with Crippen molar-refractivity contribution in [2.45, 2.75) is 31.9 Å². The molecule has 1 amide bonds. The fourth-order valence-electron chi connectivity index (χ4n) is 4.03. The smallest absolute Gasteiger partial charge is 0.331 e. The van der Waals surface area contributed by atoms with E-state index in [0.717, 1.165) is 12.2 Å². The Morgan fingerprint density at radius 1 is 1.03 bits per heavy atom. The van der Waals surface area contributed by atoms with Crippen LogP contribution in [0.4, 0.5) is 0 Å². The van der Waals surface area contributed by atoms with E-state index in [4.69, 9.17) is 18.9 Å². The Balaban J connectivity index is 0.000000427. The zero-order valence-corrected chi connectivity index (χ0v) is 21.8. The number of carbonyl (C=O) groups is 2. The van der Waals surface area contributed by atoms with E-state index in [-0.39, 0.29) is 30.1 Å². The SMILES string of the molecule is COc1ccccc1.COc1ccnc(C(=O)N[C@H]2COCC(Cc3ccccc3)CC(C)OC2=O)c1O. The van der Waals surface area contributed by atoms with Crippen molar-refractivity contribution in [2.75, 3.05) is 27.4 Å². The Hall–Kier alpha value is -4.11. The number of methoxy groups -OCH3 is 2. The molecule has 0 saturated carbocycles. The molecule has 3 aromatic rings. The average Bonchev–Trinajstić information content (AvgIpc) is 2.99. The van der Waals surface area contributed by atoms with E-state index in [0.29, 0.717) is 13.0 Å². The van der Waals surface area contributed by atoms with Gasteiger partial charge < -0.3 is 29.4 Å². The number of cyclic esters (lactones) is 1. The number of ether oxygens (including phenoxy) is 4. The van der Waals surface area contributed by atoms with Crippen LogP contribution in [0.2, 0.25) is 0 Å². The first-order valence-corrected chi connectivity index (χ1v) is 12.3. The van der Waals surface area contributed by atoms with Crippen molar-refractivity contribution < 1.29 is 33.6 Å². The molecule has 1 fully saturated rings. The Morgan fingerprint density at radius 3 is 2.34 bits per heavy atom. The maximum atomic E-state index is 12.6. The second kappa shape index (κ2) is 14.6. The number of esters is 1. The van der Waals surface area contributed by atoms with E-state index in [1.807, 2.05) is 55.5 Å². The van der Waals surface area contributed by atoms with Crippen LogP contribution in [0, 0.1) is 5.92 Å². The van der Waals surface area contributed by atoms with E-state index < -0.39 is 23.7 Å². The standard InChI is InChI=1S/C22H26N2O6.C7H8O/c1-14-10-16(11-15-6-4-3-5-7-15)12-29-13-17(22(27)30-14)24-21(26)19-20(25)18(28-2)8-9-23-19;1-8-7-5-3-2-4-6-7/h3-9,14,16-17,25H,10-13H2,1-2H3,(H,24,26);2-6H,1H3/t14?,16?,17-;/m0./s1. The lowest BCUT2D eigenvalue weighted by Gasteiger charge is -2.20. The molecule has 9 heteroatoms. The Morgan fingerprint density at radius 2 is 1.71 bits per heavy atom. The third-order valence-electron chi connectivity index (χ3n) is 5.88. The lowest BCUT2D eigenvalue weighted by atomic mass is 9.95. The number of amides is 1. The normalized spacial score (nSPS) is 19.3. The van der Waals surface area contributed by atoms with E-state index in [2.05, 4.69) is 22.4 Å². The Labute approximate surface area is 222 Å². The molecular formula is C29H34N2O7. The zero-order valence-electron chi connectivity index (χ0n) is 21.8. The predicted molar refractivity (Wildman–Crippen MR) is 141 cm³/mol. The number of hydrogen-bond donors (Lipinski definition) is 2. The summed E-state index contributed by atoms with van der Waals surface area (Å²) in [5.74, 6) is -0.503. The number of carbonyl (C=O) groups excluding carboxylic acids is 2. The molecule has 3 atom stereocenters. The summed E-state index contributed by atoms with van der Waals surface area (Å²) in [4.78, 5) is 29.0. The number of pyridine rings is 1. The molecule has 9 nitrogen and oxygen atoms in total. The third kappa shape index (κ3) is 8.48. The van der Waals surface area contributed by atoms with Gasteiger partial charge in [0.1, 0.15) is 5.75 Å². The van der Waals surface area contributed by atoms with Crippen molar-refractivity contribution in [2.24, 2.45) is 5.92 Å². The minimum atomic E-state index is -1.01. The summed E-state index contributed by atoms with van der Waals surface area (Å²) in [6.45, 7) is 2.23. The van der Waals surface area contributed by atoms with E-state index >= 15 is 0 Å². The predicted octanol–water partition coefficient (Wildman–Crippen LogP) is 3.80. The third-order valence-corrected chi connectivity index (χ3v) is 5.88. The maximum Gasteiger partial charge on any atom is 0.331 e. The van der Waals surface area contributed by atoms with Gasteiger partial charge in [0, 0.05) is 18.9 Å². The first-order chi connectivity index (χ1) is 18.4. The molecule has 0 bridgehead atoms. The Kier molecular flexibility index (Phi) is 10.9. The molecule has 2 heterocycles. The second-order valence-electron chi connectivity index (χ2n) is 8.83. The van der Waals surface area contributed by atoms with Crippen molar-refractivity contribution in [3.8, 4) is 17.2 Å². The number of aromatic nitrogens is 1. The number of hydrogen-bond acceptors (Lipinski definition) is 8. The quantitative estimate of drug-likeness (QED) is 0.470. The summed E-state index contributed by atoms with van der Waals surface area (Å²) in [6, 6.07) is 20.2. The van der Waals surface area contributed by atoms with Gasteiger partial charge in [-0.2, -0.15) is 0 Å². The molecule has 202 valence electrons. The topological polar surface area (TPSA) is 116 Å². The van der Waals surface area contributed by atoms with E-state index in [1.54, 1.807) is 7.11 Å². The molecule has 0 spiro atoms. The first-order valence-electron chi connectivity index (χ1n) is 12.3. The molecule has 0 aliphatic carbocycles. The first kappa shape index (κ1) is 28.5. The summed E-state index contributed by atoms with van der Waals surface area (Å²) in [5, 5.41) is 12.7. The molecule has 1 aromatic heterocycles. The van der Waals surface area contributed by atoms with Gasteiger partial charge in [0.05, 0.1) is 26.9 Å².